The lowest BCUT2D eigenvalue weighted by atomic mass is 9.85. The van der Waals surface area contributed by atoms with Crippen molar-refractivity contribution in [3.63, 3.8) is 0 Å². The molecule has 2 rings (SSSR count). The Morgan fingerprint density at radius 2 is 1.85 bits per heavy atom. The first kappa shape index (κ1) is 15.1. The Kier molecular flexibility index (Phi) is 4.89. The van der Waals surface area contributed by atoms with E-state index in [0.717, 1.165) is 12.8 Å². The Labute approximate surface area is 120 Å². The second kappa shape index (κ2) is 6.46. The average Bonchev–Trinajstić information content (AvgIpc) is 2.80. The van der Waals surface area contributed by atoms with Crippen molar-refractivity contribution in [1.29, 1.82) is 0 Å². The van der Waals surface area contributed by atoms with Gasteiger partial charge < -0.3 is 15.7 Å². The van der Waals surface area contributed by atoms with Crippen molar-refractivity contribution in [2.45, 2.75) is 64.3 Å². The van der Waals surface area contributed by atoms with Crippen LogP contribution in [0.3, 0.4) is 0 Å². The first-order chi connectivity index (χ1) is 9.52. The number of carbonyl (C=O) groups is 2. The number of hydrogen-bond acceptors (Lipinski definition) is 2. The molecule has 20 heavy (non-hydrogen) atoms. The molecule has 114 valence electrons. The molecule has 2 aliphatic rings. The van der Waals surface area contributed by atoms with Crippen LogP contribution in [0.5, 0.6) is 0 Å². The van der Waals surface area contributed by atoms with Gasteiger partial charge in [0.05, 0.1) is 5.41 Å². The number of carboxylic acid groups (broad SMARTS) is 1. The van der Waals surface area contributed by atoms with E-state index in [9.17, 15) is 14.7 Å². The molecule has 0 bridgehead atoms. The molecule has 3 N–H and O–H groups in total. The minimum Gasteiger partial charge on any atom is -0.481 e. The fraction of sp³-hybridized carbons (Fsp3) is 0.867. The molecule has 0 heterocycles. The van der Waals surface area contributed by atoms with Crippen LogP contribution in [-0.4, -0.2) is 29.7 Å². The molecule has 2 unspecified atom stereocenters. The van der Waals surface area contributed by atoms with E-state index in [1.165, 1.54) is 32.1 Å². The Balaban J connectivity index is 1.77. The van der Waals surface area contributed by atoms with Gasteiger partial charge in [-0.15, -0.1) is 0 Å². The third kappa shape index (κ3) is 3.44. The number of aliphatic carboxylic acids is 1. The van der Waals surface area contributed by atoms with E-state index in [4.69, 9.17) is 0 Å². The third-order valence-corrected chi connectivity index (χ3v) is 5.03. The molecule has 5 nitrogen and oxygen atoms in total. The lowest BCUT2D eigenvalue weighted by molar-refractivity contribution is -0.148. The van der Waals surface area contributed by atoms with E-state index in [0.29, 0.717) is 18.9 Å². The van der Waals surface area contributed by atoms with Gasteiger partial charge in [0.25, 0.3) is 0 Å². The minimum absolute atomic E-state index is 0.213. The van der Waals surface area contributed by atoms with Gasteiger partial charge >= 0.3 is 12.0 Å². The van der Waals surface area contributed by atoms with Gasteiger partial charge in [0.1, 0.15) is 0 Å². The van der Waals surface area contributed by atoms with Crippen LogP contribution in [0, 0.1) is 11.3 Å². The normalized spacial score (nSPS) is 30.9. The van der Waals surface area contributed by atoms with Gasteiger partial charge in [-0.05, 0) is 38.5 Å². The summed E-state index contributed by atoms with van der Waals surface area (Å²) in [5.41, 5.74) is -0.817. The molecule has 2 amide bonds. The van der Waals surface area contributed by atoms with Crippen molar-refractivity contribution in [3.05, 3.63) is 0 Å². The number of hydrogen-bond donors (Lipinski definition) is 3. The van der Waals surface area contributed by atoms with Gasteiger partial charge in [0, 0.05) is 12.6 Å². The summed E-state index contributed by atoms with van der Waals surface area (Å²) >= 11 is 0. The lowest BCUT2D eigenvalue weighted by Crippen LogP contribution is -2.50. The minimum atomic E-state index is -0.817. The molecule has 2 saturated carbocycles. The smallest absolute Gasteiger partial charge is 0.315 e. The lowest BCUT2D eigenvalue weighted by Gasteiger charge is -2.28. The first-order valence-electron chi connectivity index (χ1n) is 7.80. The molecule has 5 heteroatoms. The summed E-state index contributed by atoms with van der Waals surface area (Å²) < 4.78 is 0. The molecule has 0 aliphatic heterocycles. The summed E-state index contributed by atoms with van der Waals surface area (Å²) in [7, 11) is 0. The number of nitrogens with one attached hydrogen (secondary N) is 2. The van der Waals surface area contributed by atoms with E-state index in [1.807, 2.05) is 0 Å². The van der Waals surface area contributed by atoms with E-state index in [2.05, 4.69) is 10.6 Å². The maximum atomic E-state index is 11.9. The monoisotopic (exact) mass is 282 g/mol. The van der Waals surface area contributed by atoms with Gasteiger partial charge in [-0.25, -0.2) is 4.79 Å². The first-order valence-corrected chi connectivity index (χ1v) is 7.80. The molecule has 0 aromatic heterocycles. The van der Waals surface area contributed by atoms with Gasteiger partial charge in [0.2, 0.25) is 0 Å². The number of rotatable bonds is 4. The van der Waals surface area contributed by atoms with Crippen molar-refractivity contribution in [3.8, 4) is 0 Å². The fourth-order valence-electron chi connectivity index (χ4n) is 3.49. The molecule has 0 saturated heterocycles. The average molecular weight is 282 g/mol. The van der Waals surface area contributed by atoms with Crippen LogP contribution in [0.4, 0.5) is 4.79 Å². The fourth-order valence-corrected chi connectivity index (χ4v) is 3.49. The molecular formula is C15H26N2O3. The topological polar surface area (TPSA) is 78.4 Å². The third-order valence-electron chi connectivity index (χ3n) is 5.03. The molecule has 2 atom stereocenters. The van der Waals surface area contributed by atoms with Gasteiger partial charge in [-0.3, -0.25) is 4.79 Å². The maximum absolute atomic E-state index is 11.9. The van der Waals surface area contributed by atoms with E-state index in [1.54, 1.807) is 6.92 Å². The summed E-state index contributed by atoms with van der Waals surface area (Å²) in [6.45, 7) is 2.44. The van der Waals surface area contributed by atoms with E-state index >= 15 is 0 Å². The van der Waals surface area contributed by atoms with Gasteiger partial charge in [0.15, 0.2) is 0 Å². The molecule has 2 aliphatic carbocycles. The Bertz CT molecular complexity index is 366. The van der Waals surface area contributed by atoms with Crippen molar-refractivity contribution < 1.29 is 14.7 Å². The van der Waals surface area contributed by atoms with Crippen LogP contribution in [0.15, 0.2) is 0 Å². The summed E-state index contributed by atoms with van der Waals surface area (Å²) in [5, 5.41) is 15.1. The van der Waals surface area contributed by atoms with Crippen LogP contribution < -0.4 is 10.6 Å². The highest BCUT2D eigenvalue weighted by atomic mass is 16.4. The summed E-state index contributed by atoms with van der Waals surface area (Å²) in [5.74, 6) is -0.225. The maximum Gasteiger partial charge on any atom is 0.315 e. The number of urea groups is 1. The standard InChI is InChI=1S/C15H26N2O3/c1-15(13(18)19)9-5-8-12(15)17-14(20)16-10-11-6-3-2-4-7-11/h11-12H,2-10H2,1H3,(H,18,19)(H2,16,17,20). The molecule has 0 radical (unpaired) electrons. The molecule has 0 spiro atoms. The van der Waals surface area contributed by atoms with Crippen LogP contribution in [0.25, 0.3) is 0 Å². The van der Waals surface area contributed by atoms with Crippen molar-refractivity contribution in [2.75, 3.05) is 6.54 Å². The molecule has 0 aromatic carbocycles. The van der Waals surface area contributed by atoms with Crippen LogP contribution in [0.2, 0.25) is 0 Å². The SMILES string of the molecule is CC1(C(=O)O)CCCC1NC(=O)NCC1CCCCC1. The van der Waals surface area contributed by atoms with E-state index in [-0.39, 0.29) is 12.1 Å². The Morgan fingerprint density at radius 1 is 1.15 bits per heavy atom. The molecule has 2 fully saturated rings. The predicted molar refractivity (Wildman–Crippen MR) is 76.5 cm³/mol. The molecule has 0 aromatic rings. The van der Waals surface area contributed by atoms with Crippen LogP contribution in [0.1, 0.15) is 58.3 Å². The number of amides is 2. The highest BCUT2D eigenvalue weighted by Gasteiger charge is 2.45. The Morgan fingerprint density at radius 3 is 2.50 bits per heavy atom. The number of carbonyl (C=O) groups excluding carboxylic acids is 1. The predicted octanol–water partition coefficient (Wildman–Crippen LogP) is 2.51. The zero-order valence-electron chi connectivity index (χ0n) is 12.3. The van der Waals surface area contributed by atoms with Crippen molar-refractivity contribution >= 4 is 12.0 Å². The number of carboxylic acids is 1. The second-order valence-corrected chi connectivity index (χ2v) is 6.53. The van der Waals surface area contributed by atoms with Gasteiger partial charge in [-0.1, -0.05) is 25.7 Å². The quantitative estimate of drug-likeness (QED) is 0.741. The van der Waals surface area contributed by atoms with Crippen molar-refractivity contribution in [1.82, 2.24) is 10.6 Å². The van der Waals surface area contributed by atoms with Crippen LogP contribution >= 0.6 is 0 Å². The highest BCUT2D eigenvalue weighted by Crippen LogP contribution is 2.38. The Hall–Kier alpha value is -1.26. The van der Waals surface area contributed by atoms with Crippen LogP contribution in [-0.2, 0) is 4.79 Å². The molecular weight excluding hydrogens is 256 g/mol. The summed E-state index contributed by atoms with van der Waals surface area (Å²) in [6, 6.07) is -0.471. The second-order valence-electron chi connectivity index (χ2n) is 6.53. The van der Waals surface area contributed by atoms with Crippen molar-refractivity contribution in [2.24, 2.45) is 11.3 Å². The summed E-state index contributed by atoms with van der Waals surface area (Å²) in [4.78, 5) is 23.3. The van der Waals surface area contributed by atoms with E-state index < -0.39 is 11.4 Å². The zero-order chi connectivity index (χ0) is 14.6. The zero-order valence-corrected chi connectivity index (χ0v) is 12.3. The largest absolute Gasteiger partial charge is 0.481 e. The summed E-state index contributed by atoms with van der Waals surface area (Å²) in [6.07, 6.45) is 8.45. The highest BCUT2D eigenvalue weighted by molar-refractivity contribution is 5.79. The van der Waals surface area contributed by atoms with Gasteiger partial charge in [-0.2, -0.15) is 0 Å².